The molecule has 8 heavy (non-hydrogen) atoms. The summed E-state index contributed by atoms with van der Waals surface area (Å²) >= 11 is 0. The highest BCUT2D eigenvalue weighted by molar-refractivity contribution is 4.86. The molecule has 1 aliphatic rings. The second-order valence-corrected chi connectivity index (χ2v) is 1.87. The van der Waals surface area contributed by atoms with Crippen LogP contribution in [0.15, 0.2) is 12.7 Å². The summed E-state index contributed by atoms with van der Waals surface area (Å²) in [4.78, 5) is 0. The van der Waals surface area contributed by atoms with Crippen molar-refractivity contribution in [3.63, 3.8) is 0 Å². The van der Waals surface area contributed by atoms with Gasteiger partial charge in [-0.05, 0) is 0 Å². The molecule has 0 aliphatic carbocycles. The monoisotopic (exact) mass is 113 g/mol. The Morgan fingerprint density at radius 3 is 3.00 bits per heavy atom. The molecule has 46 valence electrons. The van der Waals surface area contributed by atoms with Crippen molar-refractivity contribution in [3.8, 4) is 0 Å². The molecule has 1 aliphatic heterocycles. The molecule has 1 heterocycles. The Labute approximate surface area is 49.5 Å². The molecule has 0 radical (unpaired) electrons. The summed E-state index contributed by atoms with van der Waals surface area (Å²) in [5, 5.41) is 3.23. The lowest BCUT2D eigenvalue weighted by Crippen LogP contribution is -2.39. The molecule has 1 fully saturated rings. The average Bonchev–Trinajstić information content (AvgIpc) is 1.90. The van der Waals surface area contributed by atoms with Gasteiger partial charge in [-0.25, -0.2) is 0 Å². The fourth-order valence-corrected chi connectivity index (χ4v) is 0.737. The van der Waals surface area contributed by atoms with Gasteiger partial charge < -0.3 is 10.1 Å². The smallest absolute Gasteiger partial charge is 0.0656 e. The van der Waals surface area contributed by atoms with Gasteiger partial charge >= 0.3 is 0 Å². The van der Waals surface area contributed by atoms with Gasteiger partial charge in [0.1, 0.15) is 0 Å². The quantitative estimate of drug-likeness (QED) is 0.489. The Morgan fingerprint density at radius 2 is 2.62 bits per heavy atom. The molecular weight excluding hydrogens is 102 g/mol. The van der Waals surface area contributed by atoms with E-state index in [-0.39, 0.29) is 0 Å². The van der Waals surface area contributed by atoms with Crippen molar-refractivity contribution >= 4 is 0 Å². The molecule has 0 aromatic heterocycles. The Bertz CT molecular complexity index is 76.6. The Kier molecular flexibility index (Phi) is 2.06. The van der Waals surface area contributed by atoms with Gasteiger partial charge in [-0.15, -0.1) is 6.58 Å². The van der Waals surface area contributed by atoms with E-state index in [1.165, 1.54) is 0 Å². The minimum Gasteiger partial charge on any atom is -0.378 e. The van der Waals surface area contributed by atoms with Crippen molar-refractivity contribution in [3.05, 3.63) is 12.7 Å². The van der Waals surface area contributed by atoms with E-state index in [2.05, 4.69) is 11.9 Å². The highest BCUT2D eigenvalue weighted by Crippen LogP contribution is 1.91. The number of hydrogen-bond acceptors (Lipinski definition) is 2. The van der Waals surface area contributed by atoms with Crippen molar-refractivity contribution in [2.45, 2.75) is 6.04 Å². The maximum absolute atomic E-state index is 5.14. The van der Waals surface area contributed by atoms with Gasteiger partial charge in [0.2, 0.25) is 0 Å². The highest BCUT2D eigenvalue weighted by atomic mass is 16.5. The molecule has 0 aromatic rings. The van der Waals surface area contributed by atoms with Gasteiger partial charge in [-0.1, -0.05) is 6.08 Å². The summed E-state index contributed by atoms with van der Waals surface area (Å²) < 4.78 is 5.14. The van der Waals surface area contributed by atoms with Crippen LogP contribution in [0, 0.1) is 0 Å². The Morgan fingerprint density at radius 1 is 1.75 bits per heavy atom. The summed E-state index contributed by atoms with van der Waals surface area (Å²) in [6, 6.07) is 0.378. The van der Waals surface area contributed by atoms with Crippen molar-refractivity contribution in [1.29, 1.82) is 0 Å². The molecule has 0 saturated carbocycles. The molecule has 0 bridgehead atoms. The second-order valence-electron chi connectivity index (χ2n) is 1.87. The first-order valence-electron chi connectivity index (χ1n) is 2.87. The molecule has 1 N–H and O–H groups in total. The predicted octanol–water partition coefficient (Wildman–Crippen LogP) is 0.161. The molecule has 1 rings (SSSR count). The Hall–Kier alpha value is -0.340. The van der Waals surface area contributed by atoms with Crippen LogP contribution in [0.25, 0.3) is 0 Å². The van der Waals surface area contributed by atoms with E-state index in [1.807, 2.05) is 6.08 Å². The molecule has 0 unspecified atom stereocenters. The lowest BCUT2D eigenvalue weighted by molar-refractivity contribution is 0.0902. The Balaban J connectivity index is 2.22. The molecule has 2 nitrogen and oxygen atoms in total. The van der Waals surface area contributed by atoms with Crippen molar-refractivity contribution in [2.24, 2.45) is 0 Å². The lowest BCUT2D eigenvalue weighted by Gasteiger charge is -2.19. The third-order valence-electron chi connectivity index (χ3n) is 1.23. The number of hydrogen-bond donors (Lipinski definition) is 1. The minimum atomic E-state index is 0.378. The van der Waals surface area contributed by atoms with E-state index < -0.39 is 0 Å². The molecule has 1 atom stereocenters. The number of morpholine rings is 1. The van der Waals surface area contributed by atoms with Crippen molar-refractivity contribution < 1.29 is 4.74 Å². The first kappa shape index (κ1) is 5.79. The van der Waals surface area contributed by atoms with Gasteiger partial charge in [0.25, 0.3) is 0 Å². The summed E-state index contributed by atoms with van der Waals surface area (Å²) in [7, 11) is 0. The van der Waals surface area contributed by atoms with Gasteiger partial charge in [0, 0.05) is 12.6 Å². The third kappa shape index (κ3) is 1.32. The van der Waals surface area contributed by atoms with Gasteiger partial charge in [0.05, 0.1) is 13.2 Å². The minimum absolute atomic E-state index is 0.378. The normalized spacial score (nSPS) is 29.8. The van der Waals surface area contributed by atoms with Crippen LogP contribution in [0.1, 0.15) is 0 Å². The van der Waals surface area contributed by atoms with Crippen LogP contribution in [0.5, 0.6) is 0 Å². The average molecular weight is 113 g/mol. The molecule has 0 spiro atoms. The lowest BCUT2D eigenvalue weighted by atomic mass is 10.3. The number of rotatable bonds is 1. The zero-order valence-electron chi connectivity index (χ0n) is 4.89. The van der Waals surface area contributed by atoms with Crippen molar-refractivity contribution in [1.82, 2.24) is 5.32 Å². The maximum atomic E-state index is 5.14. The number of ether oxygens (including phenoxy) is 1. The van der Waals surface area contributed by atoms with Crippen LogP contribution in [0.3, 0.4) is 0 Å². The summed E-state index contributed by atoms with van der Waals surface area (Å²) in [6.07, 6.45) is 1.87. The van der Waals surface area contributed by atoms with E-state index in [0.29, 0.717) is 6.04 Å². The van der Waals surface area contributed by atoms with Crippen LogP contribution in [-0.2, 0) is 4.74 Å². The van der Waals surface area contributed by atoms with Crippen LogP contribution in [0.2, 0.25) is 0 Å². The van der Waals surface area contributed by atoms with Gasteiger partial charge in [-0.2, -0.15) is 0 Å². The first-order chi connectivity index (χ1) is 3.93. The van der Waals surface area contributed by atoms with E-state index in [0.717, 1.165) is 19.8 Å². The molecule has 1 saturated heterocycles. The van der Waals surface area contributed by atoms with E-state index in [4.69, 9.17) is 4.74 Å². The third-order valence-corrected chi connectivity index (χ3v) is 1.23. The predicted molar refractivity (Wildman–Crippen MR) is 32.8 cm³/mol. The van der Waals surface area contributed by atoms with Crippen LogP contribution in [0.4, 0.5) is 0 Å². The first-order valence-corrected chi connectivity index (χ1v) is 2.87. The maximum Gasteiger partial charge on any atom is 0.0656 e. The van der Waals surface area contributed by atoms with Gasteiger partial charge in [0.15, 0.2) is 0 Å². The zero-order chi connectivity index (χ0) is 5.82. The van der Waals surface area contributed by atoms with Crippen LogP contribution < -0.4 is 5.32 Å². The molecular formula is C6H11NO. The second kappa shape index (κ2) is 2.84. The fourth-order valence-electron chi connectivity index (χ4n) is 0.737. The topological polar surface area (TPSA) is 21.3 Å². The van der Waals surface area contributed by atoms with Gasteiger partial charge in [-0.3, -0.25) is 0 Å². The van der Waals surface area contributed by atoms with Crippen LogP contribution >= 0.6 is 0 Å². The standard InChI is InChI=1S/C6H11NO/c1-2-6-5-8-4-3-7-6/h2,6-7H,1,3-5H2/t6-/m0/s1. The number of nitrogens with one attached hydrogen (secondary N) is 1. The summed E-state index contributed by atoms with van der Waals surface area (Å²) in [5.41, 5.74) is 0. The summed E-state index contributed by atoms with van der Waals surface area (Å²) in [5.74, 6) is 0. The SMILES string of the molecule is C=C[C@H]1COCCN1. The molecule has 0 aromatic carbocycles. The molecule has 2 heteroatoms. The van der Waals surface area contributed by atoms with Crippen molar-refractivity contribution in [2.75, 3.05) is 19.8 Å². The molecule has 0 amide bonds. The van der Waals surface area contributed by atoms with E-state index in [1.54, 1.807) is 0 Å². The van der Waals surface area contributed by atoms with Crippen LogP contribution in [-0.4, -0.2) is 25.8 Å². The zero-order valence-corrected chi connectivity index (χ0v) is 4.89. The largest absolute Gasteiger partial charge is 0.378 e. The highest BCUT2D eigenvalue weighted by Gasteiger charge is 2.06. The van der Waals surface area contributed by atoms with E-state index in [9.17, 15) is 0 Å². The summed E-state index contributed by atoms with van der Waals surface area (Å²) in [6.45, 7) is 6.22. The fraction of sp³-hybridized carbons (Fsp3) is 0.667. The van der Waals surface area contributed by atoms with E-state index >= 15 is 0 Å².